The predicted molar refractivity (Wildman–Crippen MR) is 83.7 cm³/mol. The molecule has 1 aliphatic heterocycles. The van der Waals surface area contributed by atoms with E-state index in [9.17, 15) is 4.79 Å². The largest absolute Gasteiger partial charge is 0.486 e. The minimum absolute atomic E-state index is 0.114. The third-order valence-electron chi connectivity index (χ3n) is 3.39. The molecule has 1 N–H and O–H groups in total. The summed E-state index contributed by atoms with van der Waals surface area (Å²) in [6.45, 7) is 3.05. The average Bonchev–Trinajstić information content (AvgIpc) is 2.91. The van der Waals surface area contributed by atoms with E-state index in [1.807, 2.05) is 36.2 Å². The summed E-state index contributed by atoms with van der Waals surface area (Å²) < 4.78 is 16.5. The SMILES string of the molecule is Cc1cc(NC(=O)CN(C)CC2COc3ccccc3O2)no1. The first kappa shape index (κ1) is 15.4. The third kappa shape index (κ3) is 4.01. The molecule has 0 bridgehead atoms. The Hall–Kier alpha value is -2.54. The van der Waals surface area contributed by atoms with E-state index in [0.29, 0.717) is 24.7 Å². The van der Waals surface area contributed by atoms with E-state index in [-0.39, 0.29) is 18.6 Å². The number of aromatic nitrogens is 1. The summed E-state index contributed by atoms with van der Waals surface area (Å²) >= 11 is 0. The number of hydrogen-bond acceptors (Lipinski definition) is 6. The van der Waals surface area contributed by atoms with Gasteiger partial charge in [-0.25, -0.2) is 0 Å². The van der Waals surface area contributed by atoms with Crippen LogP contribution in [0.15, 0.2) is 34.9 Å². The number of nitrogens with zero attached hydrogens (tertiary/aromatic N) is 2. The number of hydrogen-bond donors (Lipinski definition) is 1. The first-order chi connectivity index (χ1) is 11.1. The summed E-state index contributed by atoms with van der Waals surface area (Å²) in [5, 5.41) is 6.42. The highest BCUT2D eigenvalue weighted by molar-refractivity contribution is 5.91. The Bertz CT molecular complexity index is 685. The smallest absolute Gasteiger partial charge is 0.239 e. The fourth-order valence-corrected chi connectivity index (χ4v) is 2.42. The van der Waals surface area contributed by atoms with Crippen molar-refractivity contribution >= 4 is 11.7 Å². The molecule has 7 heteroatoms. The van der Waals surface area contributed by atoms with Crippen LogP contribution in [0.5, 0.6) is 11.5 Å². The number of carbonyl (C=O) groups excluding carboxylic acids is 1. The molecule has 0 saturated heterocycles. The highest BCUT2D eigenvalue weighted by Gasteiger charge is 2.22. The Labute approximate surface area is 134 Å². The van der Waals surface area contributed by atoms with Gasteiger partial charge in [-0.1, -0.05) is 17.3 Å². The number of carbonyl (C=O) groups is 1. The van der Waals surface area contributed by atoms with Crippen LogP contribution in [0.2, 0.25) is 0 Å². The van der Waals surface area contributed by atoms with Crippen LogP contribution < -0.4 is 14.8 Å². The van der Waals surface area contributed by atoms with Crippen LogP contribution in [0.1, 0.15) is 5.76 Å². The van der Waals surface area contributed by atoms with E-state index in [1.54, 1.807) is 13.0 Å². The molecule has 0 saturated carbocycles. The molecule has 1 aromatic carbocycles. The van der Waals surface area contributed by atoms with Crippen LogP contribution in [0, 0.1) is 6.92 Å². The Morgan fingerprint density at radius 3 is 2.91 bits per heavy atom. The molecule has 0 radical (unpaired) electrons. The third-order valence-corrected chi connectivity index (χ3v) is 3.39. The van der Waals surface area contributed by atoms with Gasteiger partial charge in [0.05, 0.1) is 6.54 Å². The Morgan fingerprint density at radius 2 is 2.17 bits per heavy atom. The molecule has 2 aromatic rings. The van der Waals surface area contributed by atoms with E-state index >= 15 is 0 Å². The van der Waals surface area contributed by atoms with Crippen LogP contribution in [0.4, 0.5) is 5.82 Å². The molecule has 1 unspecified atom stereocenters. The standard InChI is InChI=1S/C16H19N3O4/c1-11-7-15(18-23-11)17-16(20)9-19(2)8-12-10-21-13-5-3-4-6-14(13)22-12/h3-7,12H,8-10H2,1-2H3,(H,17,18,20). The van der Waals surface area contributed by atoms with Crippen molar-refractivity contribution in [3.8, 4) is 11.5 Å². The topological polar surface area (TPSA) is 76.8 Å². The number of benzene rings is 1. The molecule has 0 aliphatic carbocycles. The van der Waals surface area contributed by atoms with Gasteiger partial charge in [0.2, 0.25) is 5.91 Å². The van der Waals surface area contributed by atoms with Gasteiger partial charge in [0.1, 0.15) is 18.5 Å². The van der Waals surface area contributed by atoms with E-state index in [0.717, 1.165) is 11.5 Å². The van der Waals surface area contributed by atoms with Crippen molar-refractivity contribution < 1.29 is 18.8 Å². The summed E-state index contributed by atoms with van der Waals surface area (Å²) in [5.74, 6) is 2.41. The second kappa shape index (κ2) is 6.70. The fraction of sp³-hybridized carbons (Fsp3) is 0.375. The molecule has 7 nitrogen and oxygen atoms in total. The van der Waals surface area contributed by atoms with Gasteiger partial charge < -0.3 is 19.3 Å². The molecule has 23 heavy (non-hydrogen) atoms. The number of ether oxygens (including phenoxy) is 2. The molecule has 1 aliphatic rings. The van der Waals surface area contributed by atoms with Crippen molar-refractivity contribution in [3.05, 3.63) is 36.1 Å². The van der Waals surface area contributed by atoms with Gasteiger partial charge in [0.15, 0.2) is 17.3 Å². The van der Waals surface area contributed by atoms with Gasteiger partial charge in [-0.2, -0.15) is 0 Å². The lowest BCUT2D eigenvalue weighted by atomic mass is 10.2. The maximum Gasteiger partial charge on any atom is 0.239 e. The van der Waals surface area contributed by atoms with Crippen LogP contribution in [0.3, 0.4) is 0 Å². The quantitative estimate of drug-likeness (QED) is 0.904. The zero-order chi connectivity index (χ0) is 16.2. The van der Waals surface area contributed by atoms with Crippen molar-refractivity contribution in [1.29, 1.82) is 0 Å². The maximum absolute atomic E-state index is 12.0. The number of rotatable bonds is 5. The molecule has 2 heterocycles. The maximum atomic E-state index is 12.0. The molecular formula is C16H19N3O4. The molecular weight excluding hydrogens is 298 g/mol. The number of fused-ring (bicyclic) bond motifs is 1. The van der Waals surface area contributed by atoms with Crippen molar-refractivity contribution in [2.45, 2.75) is 13.0 Å². The molecule has 1 atom stereocenters. The summed E-state index contributed by atoms with van der Waals surface area (Å²) in [5.41, 5.74) is 0. The second-order valence-corrected chi connectivity index (χ2v) is 5.57. The zero-order valence-corrected chi connectivity index (χ0v) is 13.1. The van der Waals surface area contributed by atoms with E-state index in [4.69, 9.17) is 14.0 Å². The van der Waals surface area contributed by atoms with Gasteiger partial charge in [-0.05, 0) is 26.1 Å². The van der Waals surface area contributed by atoms with Gasteiger partial charge in [-0.15, -0.1) is 0 Å². The lowest BCUT2D eigenvalue weighted by Gasteiger charge is -2.29. The average molecular weight is 317 g/mol. The summed E-state index contributed by atoms with van der Waals surface area (Å²) in [7, 11) is 1.86. The molecule has 3 rings (SSSR count). The number of anilines is 1. The number of amides is 1. The fourth-order valence-electron chi connectivity index (χ4n) is 2.42. The number of nitrogens with one attached hydrogen (secondary N) is 1. The van der Waals surface area contributed by atoms with E-state index < -0.39 is 0 Å². The molecule has 1 aromatic heterocycles. The molecule has 0 fully saturated rings. The lowest BCUT2D eigenvalue weighted by Crippen LogP contribution is -2.42. The first-order valence-corrected chi connectivity index (χ1v) is 7.40. The highest BCUT2D eigenvalue weighted by atomic mass is 16.6. The summed E-state index contributed by atoms with van der Waals surface area (Å²) in [4.78, 5) is 13.8. The van der Waals surface area contributed by atoms with Gasteiger partial charge in [0.25, 0.3) is 0 Å². The van der Waals surface area contributed by atoms with E-state index in [1.165, 1.54) is 0 Å². The van der Waals surface area contributed by atoms with Crippen LogP contribution in [-0.4, -0.2) is 48.8 Å². The molecule has 122 valence electrons. The lowest BCUT2D eigenvalue weighted by molar-refractivity contribution is -0.117. The Balaban J connectivity index is 1.48. The predicted octanol–water partition coefficient (Wildman–Crippen LogP) is 1.69. The van der Waals surface area contributed by atoms with Gasteiger partial charge in [0, 0.05) is 12.6 Å². The van der Waals surface area contributed by atoms with Crippen molar-refractivity contribution in [1.82, 2.24) is 10.1 Å². The van der Waals surface area contributed by atoms with E-state index in [2.05, 4.69) is 10.5 Å². The zero-order valence-electron chi connectivity index (χ0n) is 13.1. The van der Waals surface area contributed by atoms with Crippen molar-refractivity contribution in [2.24, 2.45) is 0 Å². The first-order valence-electron chi connectivity index (χ1n) is 7.40. The normalized spacial score (nSPS) is 16.4. The number of aryl methyl sites for hydroxylation is 1. The Kier molecular flexibility index (Phi) is 4.47. The highest BCUT2D eigenvalue weighted by Crippen LogP contribution is 2.30. The minimum Gasteiger partial charge on any atom is -0.486 e. The van der Waals surface area contributed by atoms with Crippen LogP contribution in [-0.2, 0) is 4.79 Å². The minimum atomic E-state index is -0.155. The molecule has 0 spiro atoms. The summed E-state index contributed by atoms with van der Waals surface area (Å²) in [6, 6.07) is 9.24. The number of para-hydroxylation sites is 2. The second-order valence-electron chi connectivity index (χ2n) is 5.57. The van der Waals surface area contributed by atoms with Crippen molar-refractivity contribution in [2.75, 3.05) is 32.1 Å². The molecule has 1 amide bonds. The number of likely N-dealkylation sites (N-methyl/N-ethyl adjacent to an activating group) is 1. The van der Waals surface area contributed by atoms with Crippen LogP contribution >= 0.6 is 0 Å². The van der Waals surface area contributed by atoms with Crippen LogP contribution in [0.25, 0.3) is 0 Å². The Morgan fingerprint density at radius 1 is 1.39 bits per heavy atom. The monoisotopic (exact) mass is 317 g/mol. The summed E-state index contributed by atoms with van der Waals surface area (Å²) in [6.07, 6.45) is -0.114. The van der Waals surface area contributed by atoms with Gasteiger partial charge >= 0.3 is 0 Å². The van der Waals surface area contributed by atoms with Gasteiger partial charge in [-0.3, -0.25) is 9.69 Å². The van der Waals surface area contributed by atoms with Crippen molar-refractivity contribution in [3.63, 3.8) is 0 Å².